The zero-order chi connectivity index (χ0) is 23.4. The molecule has 0 radical (unpaired) electrons. The molecule has 2 fully saturated rings. The molecule has 0 spiro atoms. The number of nitrogens with one attached hydrogen (secondary N) is 1. The van der Waals surface area contributed by atoms with Gasteiger partial charge in [0.2, 0.25) is 23.7 Å². The second-order valence-corrected chi connectivity index (χ2v) is 9.18. The van der Waals surface area contributed by atoms with Crippen LogP contribution in [0.4, 0.5) is 5.69 Å². The van der Waals surface area contributed by atoms with Gasteiger partial charge in [-0.15, -0.1) is 0 Å². The molecule has 0 unspecified atom stereocenters. The highest BCUT2D eigenvalue weighted by atomic mass is 16.5. The highest BCUT2D eigenvalue weighted by Crippen LogP contribution is 2.30. The summed E-state index contributed by atoms with van der Waals surface area (Å²) < 4.78 is 5.90. The number of aliphatic imine (C=N–C) groups is 1. The Labute approximate surface area is 194 Å². The lowest BCUT2D eigenvalue weighted by atomic mass is 9.94. The molecular formula is C24H33N5O4. The maximum absolute atomic E-state index is 13.0. The van der Waals surface area contributed by atoms with Gasteiger partial charge in [-0.2, -0.15) is 0 Å². The van der Waals surface area contributed by atoms with E-state index in [1.165, 1.54) is 6.42 Å². The number of nitrogens with zero attached hydrogens (tertiary/aromatic N) is 4. The number of carbonyl (C=O) groups excluding carboxylic acids is 3. The number of likely N-dealkylation sites (N-methyl/N-ethyl adjacent to an activating group) is 1. The molecule has 1 aliphatic carbocycles. The third kappa shape index (κ3) is 5.64. The summed E-state index contributed by atoms with van der Waals surface area (Å²) in [5.74, 6) is 1.27. The number of hydrogen-bond donors (Lipinski definition) is 1. The van der Waals surface area contributed by atoms with Gasteiger partial charge in [0.1, 0.15) is 12.3 Å². The van der Waals surface area contributed by atoms with Crippen LogP contribution in [0.5, 0.6) is 5.75 Å². The van der Waals surface area contributed by atoms with Crippen LogP contribution in [0.25, 0.3) is 0 Å². The number of amides is 3. The van der Waals surface area contributed by atoms with Crippen LogP contribution in [0.3, 0.4) is 0 Å². The monoisotopic (exact) mass is 455 g/mol. The third-order valence-electron chi connectivity index (χ3n) is 6.47. The molecule has 2 aliphatic heterocycles. The minimum Gasteiger partial charge on any atom is -0.494 e. The van der Waals surface area contributed by atoms with Gasteiger partial charge < -0.3 is 19.4 Å². The van der Waals surface area contributed by atoms with Gasteiger partial charge in [0.15, 0.2) is 0 Å². The van der Waals surface area contributed by atoms with Crippen LogP contribution in [-0.4, -0.2) is 78.2 Å². The Kier molecular flexibility index (Phi) is 7.15. The van der Waals surface area contributed by atoms with Gasteiger partial charge >= 0.3 is 0 Å². The summed E-state index contributed by atoms with van der Waals surface area (Å²) in [5, 5.41) is 2.76. The topological polar surface area (TPSA) is 94.6 Å². The molecule has 2 heterocycles. The van der Waals surface area contributed by atoms with E-state index in [2.05, 4.69) is 10.3 Å². The van der Waals surface area contributed by atoms with Crippen LogP contribution in [0, 0.1) is 0 Å². The number of guanidine groups is 1. The molecule has 33 heavy (non-hydrogen) atoms. The Hall–Kier alpha value is -3.10. The first-order valence-electron chi connectivity index (χ1n) is 11.8. The van der Waals surface area contributed by atoms with E-state index in [4.69, 9.17) is 4.74 Å². The highest BCUT2D eigenvalue weighted by molar-refractivity contribution is 6.05. The van der Waals surface area contributed by atoms with Crippen LogP contribution in [-0.2, 0) is 20.9 Å². The standard InChI is InChI=1S/C24H33N5O4/c1-27(2)23(32)16-29(18-7-4-3-5-8-18)22(31)9-6-12-33-19-10-11-20-17(13-19)14-28-15-21(30)26-24(28)25-20/h10-11,13,18H,3-9,12,14-16H2,1-2H3,(H,25,26,30). The number of carbonyl (C=O) groups is 3. The maximum atomic E-state index is 13.0. The van der Waals surface area contributed by atoms with Crippen molar-refractivity contribution in [1.29, 1.82) is 0 Å². The van der Waals surface area contributed by atoms with Gasteiger partial charge in [-0.3, -0.25) is 19.7 Å². The van der Waals surface area contributed by atoms with Crippen molar-refractivity contribution < 1.29 is 19.1 Å². The summed E-state index contributed by atoms with van der Waals surface area (Å²) in [4.78, 5) is 46.6. The van der Waals surface area contributed by atoms with Crippen molar-refractivity contribution in [3.8, 4) is 5.75 Å². The minimum atomic E-state index is -0.0442. The SMILES string of the molecule is CN(C)C(=O)CN(C(=O)CCCOc1ccc2c(c1)CN1CC(=O)NC1=N2)C1CCCCC1. The molecule has 3 aliphatic rings. The van der Waals surface area contributed by atoms with Crippen LogP contribution >= 0.6 is 0 Å². The summed E-state index contributed by atoms with van der Waals surface area (Å²) >= 11 is 0. The van der Waals surface area contributed by atoms with Gasteiger partial charge in [-0.1, -0.05) is 19.3 Å². The van der Waals surface area contributed by atoms with Gasteiger partial charge in [0.05, 0.1) is 18.8 Å². The maximum Gasteiger partial charge on any atom is 0.246 e. The fourth-order valence-corrected chi connectivity index (χ4v) is 4.59. The molecule has 9 heteroatoms. The van der Waals surface area contributed by atoms with Crippen molar-refractivity contribution in [3.05, 3.63) is 23.8 Å². The Morgan fingerprint density at radius 1 is 1.15 bits per heavy atom. The predicted octanol–water partition coefficient (Wildman–Crippen LogP) is 2.03. The minimum absolute atomic E-state index is 0.0270. The molecular weight excluding hydrogens is 422 g/mol. The normalized spacial score (nSPS) is 17.6. The van der Waals surface area contributed by atoms with Crippen molar-refractivity contribution in [2.45, 2.75) is 57.5 Å². The lowest BCUT2D eigenvalue weighted by Gasteiger charge is -2.34. The second kappa shape index (κ2) is 10.2. The zero-order valence-electron chi connectivity index (χ0n) is 19.5. The summed E-state index contributed by atoms with van der Waals surface area (Å²) in [6.07, 6.45) is 6.31. The van der Waals surface area contributed by atoms with E-state index in [9.17, 15) is 14.4 Å². The Bertz CT molecular complexity index is 939. The molecule has 1 saturated carbocycles. The predicted molar refractivity (Wildman–Crippen MR) is 124 cm³/mol. The van der Waals surface area contributed by atoms with Crippen LogP contribution in [0.1, 0.15) is 50.5 Å². The molecule has 0 aromatic heterocycles. The van der Waals surface area contributed by atoms with E-state index >= 15 is 0 Å². The van der Waals surface area contributed by atoms with Gasteiger partial charge in [0.25, 0.3) is 0 Å². The van der Waals surface area contributed by atoms with E-state index in [0.29, 0.717) is 38.5 Å². The smallest absolute Gasteiger partial charge is 0.246 e. The largest absolute Gasteiger partial charge is 0.494 e. The number of hydrogen-bond acceptors (Lipinski definition) is 6. The van der Waals surface area contributed by atoms with Crippen molar-refractivity contribution in [2.24, 2.45) is 4.99 Å². The van der Waals surface area contributed by atoms with Gasteiger partial charge in [-0.05, 0) is 37.5 Å². The molecule has 3 amide bonds. The fourth-order valence-electron chi connectivity index (χ4n) is 4.59. The second-order valence-electron chi connectivity index (χ2n) is 9.18. The highest BCUT2D eigenvalue weighted by Gasteiger charge is 2.29. The number of ether oxygens (including phenoxy) is 1. The van der Waals surface area contributed by atoms with Crippen molar-refractivity contribution in [2.75, 3.05) is 33.8 Å². The zero-order valence-corrected chi connectivity index (χ0v) is 19.5. The first kappa shape index (κ1) is 23.1. The molecule has 9 nitrogen and oxygen atoms in total. The number of rotatable bonds is 8. The van der Waals surface area contributed by atoms with Crippen molar-refractivity contribution >= 4 is 29.4 Å². The quantitative estimate of drug-likeness (QED) is 0.606. The van der Waals surface area contributed by atoms with Crippen LogP contribution in [0.2, 0.25) is 0 Å². The lowest BCUT2D eigenvalue weighted by molar-refractivity contribution is -0.142. The first-order chi connectivity index (χ1) is 15.9. The van der Waals surface area contributed by atoms with Crippen molar-refractivity contribution in [1.82, 2.24) is 20.0 Å². The van der Waals surface area contributed by atoms with E-state index < -0.39 is 0 Å². The summed E-state index contributed by atoms with van der Waals surface area (Å²) in [6, 6.07) is 5.86. The number of fused-ring (bicyclic) bond motifs is 2. The number of benzene rings is 1. The molecule has 178 valence electrons. The van der Waals surface area contributed by atoms with Crippen molar-refractivity contribution in [3.63, 3.8) is 0 Å². The molecule has 1 saturated heterocycles. The molecule has 0 bridgehead atoms. The summed E-state index contributed by atoms with van der Waals surface area (Å²) in [7, 11) is 3.45. The molecule has 1 aromatic rings. The Morgan fingerprint density at radius 2 is 1.94 bits per heavy atom. The molecule has 1 N–H and O–H groups in total. The summed E-state index contributed by atoms with van der Waals surface area (Å²) in [6.45, 7) is 1.50. The fraction of sp³-hybridized carbons (Fsp3) is 0.583. The third-order valence-corrected chi connectivity index (χ3v) is 6.47. The van der Waals surface area contributed by atoms with E-state index in [0.717, 1.165) is 42.7 Å². The van der Waals surface area contributed by atoms with Crippen LogP contribution < -0.4 is 10.1 Å². The Balaban J connectivity index is 1.29. The first-order valence-corrected chi connectivity index (χ1v) is 11.8. The van der Waals surface area contributed by atoms with Crippen LogP contribution in [0.15, 0.2) is 23.2 Å². The van der Waals surface area contributed by atoms with Gasteiger partial charge in [-0.25, -0.2) is 4.99 Å². The Morgan fingerprint density at radius 3 is 2.70 bits per heavy atom. The summed E-state index contributed by atoms with van der Waals surface area (Å²) in [5.41, 5.74) is 1.84. The van der Waals surface area contributed by atoms with E-state index in [1.807, 2.05) is 23.1 Å². The average Bonchev–Trinajstić information content (AvgIpc) is 3.17. The average molecular weight is 456 g/mol. The van der Waals surface area contributed by atoms with E-state index in [1.54, 1.807) is 23.9 Å². The molecule has 0 atom stereocenters. The molecule has 1 aromatic carbocycles. The van der Waals surface area contributed by atoms with Gasteiger partial charge in [0, 0.05) is 38.7 Å². The molecule has 4 rings (SSSR count). The van der Waals surface area contributed by atoms with E-state index in [-0.39, 0.29) is 30.3 Å². The lowest BCUT2D eigenvalue weighted by Crippen LogP contribution is -2.46.